The molecule has 1 atom stereocenters. The Labute approximate surface area is 214 Å². The van der Waals surface area contributed by atoms with Gasteiger partial charge in [0.05, 0.1) is 22.7 Å². The molecule has 1 saturated carbocycles. The van der Waals surface area contributed by atoms with Crippen molar-refractivity contribution in [2.24, 2.45) is 5.92 Å². The highest BCUT2D eigenvalue weighted by molar-refractivity contribution is 7.92. The molecule has 5 rings (SSSR count). The number of nitrogens with zero attached hydrogens (tertiary/aromatic N) is 1. The predicted octanol–water partition coefficient (Wildman–Crippen LogP) is 6.87. The largest absolute Gasteiger partial charge is 0.486 e. The minimum atomic E-state index is -4.74. The Morgan fingerprint density at radius 1 is 0.974 bits per heavy atom. The van der Waals surface area contributed by atoms with E-state index in [9.17, 15) is 34.8 Å². The second-order valence-electron chi connectivity index (χ2n) is 9.15. The van der Waals surface area contributed by atoms with Crippen molar-refractivity contribution < 1.29 is 44.2 Å². The summed E-state index contributed by atoms with van der Waals surface area (Å²) in [6.07, 6.45) is -2.65. The average molecular weight is 558 g/mol. The number of rotatable bonds is 6. The number of alkyl halides is 5. The zero-order valence-electron chi connectivity index (χ0n) is 19.6. The molecule has 0 radical (unpaired) electrons. The van der Waals surface area contributed by atoms with Gasteiger partial charge in [0.25, 0.3) is 10.0 Å². The van der Waals surface area contributed by atoms with Crippen LogP contribution in [0.1, 0.15) is 24.8 Å². The van der Waals surface area contributed by atoms with Crippen LogP contribution in [0.3, 0.4) is 0 Å². The molecule has 0 aromatic heterocycles. The summed E-state index contributed by atoms with van der Waals surface area (Å²) in [7, 11) is -4.48. The lowest BCUT2D eigenvalue weighted by Crippen LogP contribution is -2.48. The summed E-state index contributed by atoms with van der Waals surface area (Å²) in [5.74, 6) is -1.01. The van der Waals surface area contributed by atoms with Gasteiger partial charge in [0.2, 0.25) is 0 Å². The zero-order chi connectivity index (χ0) is 27.2. The maximum atomic E-state index is 14.2. The summed E-state index contributed by atoms with van der Waals surface area (Å²) in [5, 5.41) is 0. The van der Waals surface area contributed by atoms with E-state index in [1.807, 2.05) is 0 Å². The molecule has 202 valence electrons. The van der Waals surface area contributed by atoms with Gasteiger partial charge in [0.15, 0.2) is 0 Å². The van der Waals surface area contributed by atoms with Gasteiger partial charge in [0, 0.05) is 6.07 Å². The molecule has 1 heterocycles. The zero-order valence-corrected chi connectivity index (χ0v) is 20.4. The Morgan fingerprint density at radius 2 is 1.74 bits per heavy atom. The van der Waals surface area contributed by atoms with Crippen LogP contribution < -0.4 is 13.8 Å². The molecule has 1 fully saturated rings. The number of ether oxygens (including phenoxy) is 2. The van der Waals surface area contributed by atoms with Crippen LogP contribution in [0.15, 0.2) is 65.6 Å². The van der Waals surface area contributed by atoms with E-state index in [2.05, 4.69) is 4.74 Å². The van der Waals surface area contributed by atoms with Crippen molar-refractivity contribution in [3.63, 3.8) is 0 Å². The molecule has 0 N–H and O–H groups in total. The van der Waals surface area contributed by atoms with Crippen molar-refractivity contribution in [2.45, 2.75) is 43.0 Å². The van der Waals surface area contributed by atoms with Crippen LogP contribution in [0.2, 0.25) is 0 Å². The topological polar surface area (TPSA) is 55.8 Å². The fourth-order valence-corrected chi connectivity index (χ4v) is 6.12. The van der Waals surface area contributed by atoms with Crippen molar-refractivity contribution in [2.75, 3.05) is 10.8 Å². The standard InChI is InChI=1S/C26H21F6NO4S/c27-19-9-17(10-20(13-19)36-25(28)29)16-7-8-23-22(11-16)33(14-24(37-23)15-3-1-4-15)38(34,35)21-6-2-5-18(12-21)26(30,31)32/h2,5-13,15,24-25H,1,3-4,14H2. The molecule has 0 amide bonds. The van der Waals surface area contributed by atoms with Crippen molar-refractivity contribution >= 4 is 15.7 Å². The van der Waals surface area contributed by atoms with Gasteiger partial charge < -0.3 is 9.47 Å². The summed E-state index contributed by atoms with van der Waals surface area (Å²) in [6.45, 7) is -3.32. The van der Waals surface area contributed by atoms with E-state index in [4.69, 9.17) is 4.74 Å². The van der Waals surface area contributed by atoms with Crippen molar-refractivity contribution in [1.82, 2.24) is 0 Å². The third kappa shape index (κ3) is 5.13. The molecule has 12 heteroatoms. The molecule has 1 unspecified atom stereocenters. The van der Waals surface area contributed by atoms with Crippen molar-refractivity contribution in [3.8, 4) is 22.6 Å². The second kappa shape index (κ2) is 9.72. The van der Waals surface area contributed by atoms with E-state index in [0.29, 0.717) is 6.07 Å². The highest BCUT2D eigenvalue weighted by Crippen LogP contribution is 2.44. The van der Waals surface area contributed by atoms with E-state index in [1.165, 1.54) is 24.3 Å². The highest BCUT2D eigenvalue weighted by Gasteiger charge is 2.40. The normalized spacial score (nSPS) is 18.1. The van der Waals surface area contributed by atoms with E-state index in [-0.39, 0.29) is 35.0 Å². The Hall–Kier alpha value is -3.41. The average Bonchev–Trinajstić information content (AvgIpc) is 2.81. The van der Waals surface area contributed by atoms with Gasteiger partial charge >= 0.3 is 12.8 Å². The molecule has 3 aromatic carbocycles. The molecular formula is C26H21F6NO4S. The Balaban J connectivity index is 1.60. The number of hydrogen-bond acceptors (Lipinski definition) is 4. The number of fused-ring (bicyclic) bond motifs is 1. The monoisotopic (exact) mass is 557 g/mol. The Morgan fingerprint density at radius 3 is 2.39 bits per heavy atom. The molecule has 0 bridgehead atoms. The van der Waals surface area contributed by atoms with Crippen molar-refractivity contribution in [3.05, 3.63) is 72.0 Å². The molecule has 5 nitrogen and oxygen atoms in total. The maximum Gasteiger partial charge on any atom is 0.416 e. The van der Waals surface area contributed by atoms with Crippen LogP contribution >= 0.6 is 0 Å². The fourth-order valence-electron chi connectivity index (χ4n) is 4.60. The lowest BCUT2D eigenvalue weighted by atomic mass is 9.80. The Kier molecular flexibility index (Phi) is 6.70. The van der Waals surface area contributed by atoms with E-state index < -0.39 is 50.9 Å². The van der Waals surface area contributed by atoms with Gasteiger partial charge in [-0.05, 0) is 72.4 Å². The lowest BCUT2D eigenvalue weighted by Gasteiger charge is -2.41. The molecule has 0 saturated heterocycles. The minimum Gasteiger partial charge on any atom is -0.486 e. The molecule has 1 aliphatic carbocycles. The van der Waals surface area contributed by atoms with Gasteiger partial charge in [-0.15, -0.1) is 0 Å². The molecular weight excluding hydrogens is 536 g/mol. The number of hydrogen-bond donors (Lipinski definition) is 0. The SMILES string of the molecule is O=S(=O)(c1cccc(C(F)(F)F)c1)N1CC(C2CCC2)Oc2ccc(-c3cc(F)cc(OC(F)F)c3)cc21. The van der Waals surface area contributed by atoms with E-state index >= 15 is 0 Å². The predicted molar refractivity (Wildman–Crippen MR) is 126 cm³/mol. The first-order valence-electron chi connectivity index (χ1n) is 11.7. The second-order valence-corrected chi connectivity index (χ2v) is 11.0. The van der Waals surface area contributed by atoms with Crippen LogP contribution in [-0.2, 0) is 16.2 Å². The van der Waals surface area contributed by atoms with Gasteiger partial charge in [0.1, 0.15) is 23.4 Å². The molecule has 0 spiro atoms. The number of anilines is 1. The lowest BCUT2D eigenvalue weighted by molar-refractivity contribution is -0.137. The first-order chi connectivity index (χ1) is 17.9. The molecule has 38 heavy (non-hydrogen) atoms. The Bertz CT molecular complexity index is 1460. The smallest absolute Gasteiger partial charge is 0.416 e. The minimum absolute atomic E-state index is 0.0380. The van der Waals surface area contributed by atoms with Crippen LogP contribution in [-0.4, -0.2) is 27.7 Å². The van der Waals surface area contributed by atoms with Crippen molar-refractivity contribution in [1.29, 1.82) is 0 Å². The van der Waals surface area contributed by atoms with Gasteiger partial charge in [-0.2, -0.15) is 22.0 Å². The summed E-state index contributed by atoms with van der Waals surface area (Å²) in [5.41, 5.74) is -0.683. The van der Waals surface area contributed by atoms with Gasteiger partial charge in [-0.1, -0.05) is 18.6 Å². The third-order valence-corrected chi connectivity index (χ3v) is 8.48. The fraction of sp³-hybridized carbons (Fsp3) is 0.308. The first kappa shape index (κ1) is 26.2. The molecule has 2 aliphatic rings. The van der Waals surface area contributed by atoms with Crippen LogP contribution in [0, 0.1) is 11.7 Å². The third-order valence-electron chi connectivity index (χ3n) is 6.71. The van der Waals surface area contributed by atoms with Crippen LogP contribution in [0.25, 0.3) is 11.1 Å². The quantitative estimate of drug-likeness (QED) is 0.311. The summed E-state index contributed by atoms with van der Waals surface area (Å²) < 4.78 is 118. The number of sulfonamides is 1. The molecule has 3 aromatic rings. The van der Waals surface area contributed by atoms with Gasteiger partial charge in [-0.25, -0.2) is 12.8 Å². The van der Waals surface area contributed by atoms with Crippen LogP contribution in [0.4, 0.5) is 32.0 Å². The summed E-state index contributed by atoms with van der Waals surface area (Å²) >= 11 is 0. The number of benzene rings is 3. The highest BCUT2D eigenvalue weighted by atomic mass is 32.2. The van der Waals surface area contributed by atoms with E-state index in [0.717, 1.165) is 53.9 Å². The van der Waals surface area contributed by atoms with Gasteiger partial charge in [-0.3, -0.25) is 4.31 Å². The summed E-state index contributed by atoms with van der Waals surface area (Å²) in [6, 6.07) is 10.8. The maximum absolute atomic E-state index is 14.2. The van der Waals surface area contributed by atoms with Crippen LogP contribution in [0.5, 0.6) is 11.5 Å². The summed E-state index contributed by atoms with van der Waals surface area (Å²) in [4.78, 5) is -0.545. The number of halogens is 6. The first-order valence-corrected chi connectivity index (χ1v) is 13.1. The molecule has 1 aliphatic heterocycles. The van der Waals surface area contributed by atoms with E-state index in [1.54, 1.807) is 0 Å².